The lowest BCUT2D eigenvalue weighted by atomic mass is 10.1. The molecule has 1 aromatic heterocycles. The van der Waals surface area contributed by atoms with Crippen LogP contribution in [0.3, 0.4) is 0 Å². The zero-order valence-corrected chi connectivity index (χ0v) is 14.9. The van der Waals surface area contributed by atoms with E-state index in [1.54, 1.807) is 0 Å². The van der Waals surface area contributed by atoms with Crippen LogP contribution in [0.1, 0.15) is 27.2 Å². The minimum atomic E-state index is -4.45. The van der Waals surface area contributed by atoms with Crippen LogP contribution in [0, 0.1) is 6.92 Å². The summed E-state index contributed by atoms with van der Waals surface area (Å²) in [7, 11) is 0. The molecule has 0 bridgehead atoms. The molecular formula is C20H17F3N4O. The number of aromatic nitrogens is 2. The van der Waals surface area contributed by atoms with Gasteiger partial charge in [-0.15, -0.1) is 0 Å². The van der Waals surface area contributed by atoms with Gasteiger partial charge in [-0.3, -0.25) is 4.79 Å². The lowest BCUT2D eigenvalue weighted by Gasteiger charge is -2.10. The normalized spacial score (nSPS) is 11.1. The smallest absolute Gasteiger partial charge is 0.347 e. The van der Waals surface area contributed by atoms with Gasteiger partial charge in [-0.2, -0.15) is 13.2 Å². The van der Waals surface area contributed by atoms with Crippen LogP contribution in [0.2, 0.25) is 0 Å². The van der Waals surface area contributed by atoms with Crippen molar-refractivity contribution in [2.45, 2.75) is 19.6 Å². The molecule has 0 atom stereocenters. The lowest BCUT2D eigenvalue weighted by Crippen LogP contribution is -2.24. The van der Waals surface area contributed by atoms with E-state index < -0.39 is 17.6 Å². The monoisotopic (exact) mass is 386 g/mol. The standard InChI is InChI=1S/C20H17F3N4O/c1-13-4-2-5-14(10-13)12-25-18(28)17-8-9-24-19(27-17)26-16-7-3-6-15(11-16)20(21,22)23/h2-11H,12H2,1H3,(H,25,28)(H,24,26,27). The number of hydrogen-bond donors (Lipinski definition) is 2. The Morgan fingerprint density at radius 3 is 2.61 bits per heavy atom. The zero-order valence-electron chi connectivity index (χ0n) is 14.9. The second-order valence-corrected chi connectivity index (χ2v) is 6.14. The summed E-state index contributed by atoms with van der Waals surface area (Å²) in [6.07, 6.45) is -3.08. The van der Waals surface area contributed by atoms with Gasteiger partial charge in [0, 0.05) is 18.4 Å². The van der Waals surface area contributed by atoms with Crippen LogP contribution in [-0.2, 0) is 12.7 Å². The molecule has 5 nitrogen and oxygen atoms in total. The molecule has 0 radical (unpaired) electrons. The highest BCUT2D eigenvalue weighted by Crippen LogP contribution is 2.31. The van der Waals surface area contributed by atoms with Crippen LogP contribution in [0.5, 0.6) is 0 Å². The van der Waals surface area contributed by atoms with Gasteiger partial charge >= 0.3 is 6.18 Å². The Morgan fingerprint density at radius 2 is 1.86 bits per heavy atom. The number of carbonyl (C=O) groups is 1. The fourth-order valence-electron chi connectivity index (χ4n) is 2.54. The molecular weight excluding hydrogens is 369 g/mol. The maximum absolute atomic E-state index is 12.8. The highest BCUT2D eigenvalue weighted by atomic mass is 19.4. The Morgan fingerprint density at radius 1 is 1.07 bits per heavy atom. The van der Waals surface area contributed by atoms with Gasteiger partial charge in [0.25, 0.3) is 5.91 Å². The van der Waals surface area contributed by atoms with Gasteiger partial charge in [0.15, 0.2) is 0 Å². The average molecular weight is 386 g/mol. The Labute approximate surface area is 159 Å². The molecule has 3 aromatic rings. The fraction of sp³-hybridized carbons (Fsp3) is 0.150. The molecule has 0 saturated carbocycles. The predicted octanol–water partition coefficient (Wildman–Crippen LogP) is 4.48. The van der Waals surface area contributed by atoms with Crippen molar-refractivity contribution in [2.24, 2.45) is 0 Å². The number of aryl methyl sites for hydroxylation is 1. The van der Waals surface area contributed by atoms with E-state index in [0.717, 1.165) is 23.3 Å². The Balaban J connectivity index is 1.69. The first kappa shape index (κ1) is 19.3. The summed E-state index contributed by atoms with van der Waals surface area (Å²) in [5, 5.41) is 5.45. The molecule has 2 aromatic carbocycles. The molecule has 3 rings (SSSR count). The molecule has 0 aliphatic carbocycles. The van der Waals surface area contributed by atoms with Crippen molar-refractivity contribution < 1.29 is 18.0 Å². The first-order valence-electron chi connectivity index (χ1n) is 8.42. The van der Waals surface area contributed by atoms with Gasteiger partial charge in [-0.1, -0.05) is 35.9 Å². The van der Waals surface area contributed by atoms with E-state index in [1.165, 1.54) is 24.4 Å². The summed E-state index contributed by atoms with van der Waals surface area (Å²) in [6, 6.07) is 13.8. The van der Waals surface area contributed by atoms with Crippen LogP contribution < -0.4 is 10.6 Å². The van der Waals surface area contributed by atoms with Crippen LogP contribution in [0.25, 0.3) is 0 Å². The van der Waals surface area contributed by atoms with Crippen LogP contribution in [0.15, 0.2) is 60.8 Å². The number of hydrogen-bond acceptors (Lipinski definition) is 4. The summed E-state index contributed by atoms with van der Waals surface area (Å²) in [5.74, 6) is -0.376. The second-order valence-electron chi connectivity index (χ2n) is 6.14. The van der Waals surface area contributed by atoms with E-state index in [1.807, 2.05) is 31.2 Å². The van der Waals surface area contributed by atoms with Gasteiger partial charge < -0.3 is 10.6 Å². The third-order valence-corrected chi connectivity index (χ3v) is 3.87. The molecule has 0 aliphatic heterocycles. The highest BCUT2D eigenvalue weighted by Gasteiger charge is 2.30. The Hall–Kier alpha value is -3.42. The van der Waals surface area contributed by atoms with E-state index in [2.05, 4.69) is 20.6 Å². The Bertz CT molecular complexity index is 989. The summed E-state index contributed by atoms with van der Waals surface area (Å²) in [5.41, 5.74) is 1.53. The quantitative estimate of drug-likeness (QED) is 0.679. The highest BCUT2D eigenvalue weighted by molar-refractivity contribution is 5.92. The molecule has 2 N–H and O–H groups in total. The summed E-state index contributed by atoms with van der Waals surface area (Å²) >= 11 is 0. The maximum atomic E-state index is 12.8. The Kier molecular flexibility index (Phi) is 5.58. The number of amides is 1. The molecule has 1 heterocycles. The van der Waals surface area contributed by atoms with E-state index in [-0.39, 0.29) is 17.3 Å². The number of carbonyl (C=O) groups excluding carboxylic acids is 1. The summed E-state index contributed by atoms with van der Waals surface area (Å²) < 4.78 is 38.4. The van der Waals surface area contributed by atoms with Gasteiger partial charge in [-0.05, 0) is 36.8 Å². The second kappa shape index (κ2) is 8.08. The average Bonchev–Trinajstić information content (AvgIpc) is 2.66. The van der Waals surface area contributed by atoms with Crippen molar-refractivity contribution in [3.8, 4) is 0 Å². The zero-order chi connectivity index (χ0) is 20.1. The first-order valence-corrected chi connectivity index (χ1v) is 8.42. The largest absolute Gasteiger partial charge is 0.416 e. The van der Waals surface area contributed by atoms with Crippen molar-refractivity contribution in [3.63, 3.8) is 0 Å². The number of benzene rings is 2. The lowest BCUT2D eigenvalue weighted by molar-refractivity contribution is -0.137. The topological polar surface area (TPSA) is 66.9 Å². The van der Waals surface area contributed by atoms with Crippen LogP contribution in [-0.4, -0.2) is 15.9 Å². The molecule has 1 amide bonds. The van der Waals surface area contributed by atoms with Gasteiger partial charge in [-0.25, -0.2) is 9.97 Å². The van der Waals surface area contributed by atoms with E-state index in [9.17, 15) is 18.0 Å². The molecule has 8 heteroatoms. The van der Waals surface area contributed by atoms with Crippen molar-refractivity contribution in [1.29, 1.82) is 0 Å². The van der Waals surface area contributed by atoms with E-state index >= 15 is 0 Å². The first-order chi connectivity index (χ1) is 13.3. The number of halogens is 3. The van der Waals surface area contributed by atoms with Gasteiger partial charge in [0.05, 0.1) is 5.56 Å². The maximum Gasteiger partial charge on any atom is 0.416 e. The molecule has 144 valence electrons. The third-order valence-electron chi connectivity index (χ3n) is 3.87. The van der Waals surface area contributed by atoms with Crippen molar-refractivity contribution in [2.75, 3.05) is 5.32 Å². The molecule has 28 heavy (non-hydrogen) atoms. The number of nitrogens with zero attached hydrogens (tertiary/aromatic N) is 2. The molecule has 0 unspecified atom stereocenters. The van der Waals surface area contributed by atoms with Gasteiger partial charge in [0.2, 0.25) is 5.95 Å². The van der Waals surface area contributed by atoms with Crippen molar-refractivity contribution in [1.82, 2.24) is 15.3 Å². The number of anilines is 2. The molecule has 0 fully saturated rings. The number of nitrogens with one attached hydrogen (secondary N) is 2. The SMILES string of the molecule is Cc1cccc(CNC(=O)c2ccnc(Nc3cccc(C(F)(F)F)c3)n2)c1. The van der Waals surface area contributed by atoms with Gasteiger partial charge in [0.1, 0.15) is 5.69 Å². The van der Waals surface area contributed by atoms with E-state index in [4.69, 9.17) is 0 Å². The van der Waals surface area contributed by atoms with Crippen molar-refractivity contribution >= 4 is 17.5 Å². The van der Waals surface area contributed by atoms with Crippen LogP contribution >= 0.6 is 0 Å². The fourth-order valence-corrected chi connectivity index (χ4v) is 2.54. The minimum Gasteiger partial charge on any atom is -0.347 e. The minimum absolute atomic E-state index is 0.0301. The predicted molar refractivity (Wildman–Crippen MR) is 99.1 cm³/mol. The summed E-state index contributed by atoms with van der Waals surface area (Å²) in [6.45, 7) is 2.29. The number of alkyl halides is 3. The number of rotatable bonds is 5. The molecule has 0 aliphatic rings. The summed E-state index contributed by atoms with van der Waals surface area (Å²) in [4.78, 5) is 20.3. The van der Waals surface area contributed by atoms with Crippen molar-refractivity contribution in [3.05, 3.63) is 83.2 Å². The third kappa shape index (κ3) is 5.06. The molecule has 0 spiro atoms. The molecule has 0 saturated heterocycles. The van der Waals surface area contributed by atoms with E-state index in [0.29, 0.717) is 6.54 Å². The van der Waals surface area contributed by atoms with Crippen LogP contribution in [0.4, 0.5) is 24.8 Å².